The lowest BCUT2D eigenvalue weighted by molar-refractivity contribution is -0.0894. The van der Waals surface area contributed by atoms with Crippen molar-refractivity contribution in [3.05, 3.63) is 0 Å². The van der Waals surface area contributed by atoms with Crippen LogP contribution in [0, 0.1) is 17.8 Å². The van der Waals surface area contributed by atoms with Crippen LogP contribution >= 0.6 is 0 Å². The lowest BCUT2D eigenvalue weighted by atomic mass is 9.65. The molecule has 0 heterocycles. The molecule has 0 aliphatic heterocycles. The normalized spacial score (nSPS) is 34.0. The number of aliphatic hydroxyl groups is 2. The molecule has 2 N–H and O–H groups in total. The summed E-state index contributed by atoms with van der Waals surface area (Å²) in [5, 5.41) is 20.8. The Balaban J connectivity index is 2.60. The maximum absolute atomic E-state index is 11.0. The molecule has 0 amide bonds. The molecule has 1 aliphatic rings. The molecule has 0 aromatic rings. The fraction of sp³-hybridized carbons (Fsp3) is 1.00. The average molecular weight is 256 g/mol. The van der Waals surface area contributed by atoms with Gasteiger partial charge in [0.15, 0.2) is 0 Å². The van der Waals surface area contributed by atoms with E-state index in [1.807, 2.05) is 13.8 Å². The van der Waals surface area contributed by atoms with Gasteiger partial charge in [0.05, 0.1) is 11.2 Å². The zero-order valence-corrected chi connectivity index (χ0v) is 12.9. The Kier molecular flexibility index (Phi) is 5.25. The van der Waals surface area contributed by atoms with E-state index in [9.17, 15) is 10.2 Å². The third-order valence-corrected chi connectivity index (χ3v) is 4.57. The Morgan fingerprint density at radius 2 is 1.89 bits per heavy atom. The number of hydrogen-bond donors (Lipinski definition) is 2. The summed E-state index contributed by atoms with van der Waals surface area (Å²) >= 11 is 0. The van der Waals surface area contributed by atoms with Crippen LogP contribution in [-0.4, -0.2) is 21.4 Å². The minimum atomic E-state index is -0.607. The van der Waals surface area contributed by atoms with Crippen LogP contribution in [0.4, 0.5) is 0 Å². The van der Waals surface area contributed by atoms with Crippen LogP contribution in [0.3, 0.4) is 0 Å². The predicted molar refractivity (Wildman–Crippen MR) is 76.4 cm³/mol. The molecule has 1 saturated carbocycles. The Morgan fingerprint density at radius 3 is 2.39 bits per heavy atom. The largest absolute Gasteiger partial charge is 0.390 e. The third-order valence-electron chi connectivity index (χ3n) is 4.57. The molecule has 0 spiro atoms. The van der Waals surface area contributed by atoms with Gasteiger partial charge in [-0.3, -0.25) is 0 Å². The van der Waals surface area contributed by atoms with E-state index in [-0.39, 0.29) is 0 Å². The Morgan fingerprint density at radius 1 is 1.28 bits per heavy atom. The van der Waals surface area contributed by atoms with Crippen molar-refractivity contribution in [1.82, 2.24) is 0 Å². The van der Waals surface area contributed by atoms with Crippen molar-refractivity contribution in [1.29, 1.82) is 0 Å². The van der Waals surface area contributed by atoms with Crippen LogP contribution in [0.1, 0.15) is 73.1 Å². The number of rotatable bonds is 5. The van der Waals surface area contributed by atoms with E-state index < -0.39 is 11.2 Å². The van der Waals surface area contributed by atoms with Gasteiger partial charge >= 0.3 is 0 Å². The Bertz CT molecular complexity index is 254. The van der Waals surface area contributed by atoms with E-state index in [0.717, 1.165) is 32.1 Å². The van der Waals surface area contributed by atoms with Crippen molar-refractivity contribution in [2.45, 2.75) is 84.3 Å². The summed E-state index contributed by atoms with van der Waals surface area (Å²) in [6.45, 7) is 10.4. The van der Waals surface area contributed by atoms with Crippen LogP contribution in [-0.2, 0) is 0 Å². The van der Waals surface area contributed by atoms with Crippen molar-refractivity contribution in [3.63, 3.8) is 0 Å². The highest BCUT2D eigenvalue weighted by molar-refractivity contribution is 4.93. The fourth-order valence-electron chi connectivity index (χ4n) is 3.66. The van der Waals surface area contributed by atoms with Gasteiger partial charge in [-0.2, -0.15) is 0 Å². The molecule has 108 valence electrons. The van der Waals surface area contributed by atoms with Gasteiger partial charge in [0.1, 0.15) is 0 Å². The Labute approximate surface area is 113 Å². The topological polar surface area (TPSA) is 40.5 Å². The molecule has 18 heavy (non-hydrogen) atoms. The quantitative estimate of drug-likeness (QED) is 0.786. The van der Waals surface area contributed by atoms with Gasteiger partial charge in [-0.05, 0) is 63.7 Å². The van der Waals surface area contributed by atoms with Crippen molar-refractivity contribution >= 4 is 0 Å². The molecule has 2 heteroatoms. The van der Waals surface area contributed by atoms with Gasteiger partial charge in [-0.15, -0.1) is 0 Å². The highest BCUT2D eigenvalue weighted by Crippen LogP contribution is 2.43. The predicted octanol–water partition coefficient (Wildman–Crippen LogP) is 3.75. The summed E-state index contributed by atoms with van der Waals surface area (Å²) in [5.41, 5.74) is -1.11. The van der Waals surface area contributed by atoms with Gasteiger partial charge in [0, 0.05) is 0 Å². The molecule has 0 saturated heterocycles. The number of hydrogen-bond acceptors (Lipinski definition) is 2. The highest BCUT2D eigenvalue weighted by Gasteiger charge is 2.42. The summed E-state index contributed by atoms with van der Waals surface area (Å²) in [5.74, 6) is 1.60. The van der Waals surface area contributed by atoms with Gasteiger partial charge in [0.25, 0.3) is 0 Å². The van der Waals surface area contributed by atoms with Crippen molar-refractivity contribution in [2.24, 2.45) is 17.8 Å². The van der Waals surface area contributed by atoms with E-state index in [0.29, 0.717) is 17.8 Å². The fourth-order valence-corrected chi connectivity index (χ4v) is 3.66. The zero-order chi connectivity index (χ0) is 14.0. The minimum absolute atomic E-state index is 0.426. The highest BCUT2D eigenvalue weighted by atomic mass is 16.3. The first-order valence-electron chi connectivity index (χ1n) is 7.59. The van der Waals surface area contributed by atoms with Crippen LogP contribution in [0.25, 0.3) is 0 Å². The van der Waals surface area contributed by atoms with Crippen LogP contribution in [0.15, 0.2) is 0 Å². The first kappa shape index (κ1) is 16.0. The molecule has 1 fully saturated rings. The van der Waals surface area contributed by atoms with Gasteiger partial charge < -0.3 is 10.2 Å². The zero-order valence-electron chi connectivity index (χ0n) is 12.9. The minimum Gasteiger partial charge on any atom is -0.390 e. The molecular weight excluding hydrogens is 224 g/mol. The maximum atomic E-state index is 11.0. The van der Waals surface area contributed by atoms with E-state index in [1.54, 1.807) is 0 Å². The molecule has 0 unspecified atom stereocenters. The van der Waals surface area contributed by atoms with E-state index in [1.165, 1.54) is 6.42 Å². The molecule has 0 bridgehead atoms. The molecule has 1 aliphatic carbocycles. The summed E-state index contributed by atoms with van der Waals surface area (Å²) in [6.07, 6.45) is 5.85. The van der Waals surface area contributed by atoms with Gasteiger partial charge in [0.2, 0.25) is 0 Å². The van der Waals surface area contributed by atoms with Crippen molar-refractivity contribution in [3.8, 4) is 0 Å². The molecule has 1 rings (SSSR count). The molecule has 0 radical (unpaired) electrons. The smallest absolute Gasteiger partial charge is 0.0680 e. The van der Waals surface area contributed by atoms with E-state index in [2.05, 4.69) is 20.8 Å². The van der Waals surface area contributed by atoms with Crippen LogP contribution < -0.4 is 0 Å². The molecular formula is C16H32O2. The maximum Gasteiger partial charge on any atom is 0.0680 e. The standard InChI is InChI=1S/C16H32O2/c1-12(2)14-8-7-13(3)11-16(14,18)10-6-9-15(4,5)17/h12-14,17-18H,6-11H2,1-5H3/t13-,14+,16+/m1/s1. The first-order valence-corrected chi connectivity index (χ1v) is 7.59. The molecule has 2 nitrogen and oxygen atoms in total. The van der Waals surface area contributed by atoms with E-state index >= 15 is 0 Å². The summed E-state index contributed by atoms with van der Waals surface area (Å²) in [7, 11) is 0. The SMILES string of the molecule is CC(C)[C@@H]1CC[C@@H](C)C[C@@]1(O)CCCC(C)(C)O. The summed E-state index contributed by atoms with van der Waals surface area (Å²) in [4.78, 5) is 0. The Hall–Kier alpha value is -0.0800. The molecule has 0 aromatic carbocycles. The third kappa shape index (κ3) is 4.55. The van der Waals surface area contributed by atoms with Gasteiger partial charge in [-0.25, -0.2) is 0 Å². The molecule has 0 aromatic heterocycles. The van der Waals surface area contributed by atoms with Crippen molar-refractivity contribution in [2.75, 3.05) is 0 Å². The lowest BCUT2D eigenvalue weighted by Crippen LogP contribution is -2.45. The molecule has 3 atom stereocenters. The average Bonchev–Trinajstić information content (AvgIpc) is 2.13. The second-order valence-corrected chi connectivity index (χ2v) is 7.51. The summed E-state index contributed by atoms with van der Waals surface area (Å²) < 4.78 is 0. The second kappa shape index (κ2) is 5.92. The van der Waals surface area contributed by atoms with Crippen LogP contribution in [0.5, 0.6) is 0 Å². The first-order chi connectivity index (χ1) is 8.14. The van der Waals surface area contributed by atoms with Gasteiger partial charge in [-0.1, -0.05) is 27.2 Å². The van der Waals surface area contributed by atoms with E-state index in [4.69, 9.17) is 0 Å². The van der Waals surface area contributed by atoms with Crippen molar-refractivity contribution < 1.29 is 10.2 Å². The second-order valence-electron chi connectivity index (χ2n) is 7.51. The monoisotopic (exact) mass is 256 g/mol. The van der Waals surface area contributed by atoms with Crippen LogP contribution in [0.2, 0.25) is 0 Å². The lowest BCUT2D eigenvalue weighted by Gasteiger charge is -2.45. The summed E-state index contributed by atoms with van der Waals surface area (Å²) in [6, 6.07) is 0.